The molecule has 0 unspecified atom stereocenters. The zero-order valence-electron chi connectivity index (χ0n) is 29.7. The van der Waals surface area contributed by atoms with Gasteiger partial charge in [0.2, 0.25) is 0 Å². The zero-order chi connectivity index (χ0) is 34.6. The first kappa shape index (κ1) is 30.4. The summed E-state index contributed by atoms with van der Waals surface area (Å²) < 4.78 is 2.64. The number of hydrogen-bond donors (Lipinski definition) is 0. The third kappa shape index (κ3) is 4.20. The predicted molar refractivity (Wildman–Crippen MR) is 219 cm³/mol. The summed E-state index contributed by atoms with van der Waals surface area (Å²) in [4.78, 5) is 2.61. The average molecular weight is 674 g/mol. The molecule has 7 aromatic carbocycles. The van der Waals surface area contributed by atoms with E-state index in [1.807, 2.05) is 11.3 Å². The molecule has 0 bridgehead atoms. The Morgan fingerprint density at radius 3 is 1.63 bits per heavy atom. The second-order valence-corrected chi connectivity index (χ2v) is 16.4. The van der Waals surface area contributed by atoms with E-state index in [1.54, 1.807) is 0 Å². The lowest BCUT2D eigenvalue weighted by Gasteiger charge is -2.38. The van der Waals surface area contributed by atoms with Crippen molar-refractivity contribution in [3.05, 3.63) is 173 Å². The topological polar surface area (TPSA) is 3.24 Å². The van der Waals surface area contributed by atoms with Crippen LogP contribution in [0, 0.1) is 6.92 Å². The van der Waals surface area contributed by atoms with Crippen LogP contribution >= 0.6 is 11.3 Å². The van der Waals surface area contributed by atoms with E-state index < -0.39 is 0 Å². The van der Waals surface area contributed by atoms with Gasteiger partial charge >= 0.3 is 0 Å². The van der Waals surface area contributed by atoms with Crippen molar-refractivity contribution in [1.29, 1.82) is 0 Å². The molecule has 2 heteroatoms. The van der Waals surface area contributed by atoms with Crippen molar-refractivity contribution in [1.82, 2.24) is 0 Å². The molecular weight excluding hydrogens is 635 g/mol. The van der Waals surface area contributed by atoms with E-state index in [1.165, 1.54) is 98.4 Å². The highest BCUT2D eigenvalue weighted by Crippen LogP contribution is 2.64. The first-order chi connectivity index (χ1) is 24.7. The minimum atomic E-state index is -0.212. The molecule has 1 aromatic heterocycles. The van der Waals surface area contributed by atoms with Gasteiger partial charge in [0.05, 0.1) is 5.69 Å². The Kier molecular flexibility index (Phi) is 6.42. The molecule has 0 spiro atoms. The molecule has 0 saturated carbocycles. The molecule has 8 aromatic rings. The molecule has 0 fully saturated rings. The van der Waals surface area contributed by atoms with E-state index in [0.29, 0.717) is 0 Å². The van der Waals surface area contributed by atoms with Gasteiger partial charge in [0, 0.05) is 42.4 Å². The van der Waals surface area contributed by atoms with Crippen molar-refractivity contribution in [2.24, 2.45) is 0 Å². The van der Waals surface area contributed by atoms with Crippen molar-refractivity contribution in [3.8, 4) is 33.4 Å². The second kappa shape index (κ2) is 10.8. The number of nitrogens with zero attached hydrogens (tertiary/aromatic N) is 1. The van der Waals surface area contributed by atoms with Crippen molar-refractivity contribution < 1.29 is 0 Å². The highest BCUT2D eigenvalue weighted by molar-refractivity contribution is 7.25. The molecule has 1 nitrogen and oxygen atoms in total. The average Bonchev–Trinajstić information content (AvgIpc) is 3.73. The summed E-state index contributed by atoms with van der Waals surface area (Å²) in [7, 11) is 0. The van der Waals surface area contributed by atoms with E-state index >= 15 is 0 Å². The van der Waals surface area contributed by atoms with E-state index in [9.17, 15) is 0 Å². The monoisotopic (exact) mass is 673 g/mol. The molecule has 51 heavy (non-hydrogen) atoms. The van der Waals surface area contributed by atoms with Gasteiger partial charge in [0.25, 0.3) is 0 Å². The lowest BCUT2D eigenvalue weighted by molar-refractivity contribution is 0.640. The molecule has 0 aliphatic heterocycles. The maximum absolute atomic E-state index is 2.61. The van der Waals surface area contributed by atoms with Gasteiger partial charge < -0.3 is 4.90 Å². The third-order valence-corrected chi connectivity index (χ3v) is 12.9. The summed E-state index contributed by atoms with van der Waals surface area (Å²) >= 11 is 1.89. The molecule has 2 aliphatic rings. The summed E-state index contributed by atoms with van der Waals surface area (Å²) in [6, 6.07) is 54.2. The minimum Gasteiger partial charge on any atom is -0.310 e. The molecule has 10 rings (SSSR count). The smallest absolute Gasteiger partial charge is 0.0556 e. The van der Waals surface area contributed by atoms with Crippen LogP contribution in [-0.2, 0) is 10.8 Å². The van der Waals surface area contributed by atoms with Crippen molar-refractivity contribution in [3.63, 3.8) is 0 Å². The van der Waals surface area contributed by atoms with Gasteiger partial charge in [-0.25, -0.2) is 0 Å². The molecule has 0 saturated heterocycles. The van der Waals surface area contributed by atoms with Crippen LogP contribution in [0.5, 0.6) is 0 Å². The van der Waals surface area contributed by atoms with Crippen LogP contribution in [0.3, 0.4) is 0 Å². The second-order valence-electron chi connectivity index (χ2n) is 15.3. The number of benzene rings is 7. The Morgan fingerprint density at radius 2 is 0.980 bits per heavy atom. The summed E-state index contributed by atoms with van der Waals surface area (Å²) in [5.41, 5.74) is 18.2. The lowest BCUT2D eigenvalue weighted by atomic mass is 9.74. The van der Waals surface area contributed by atoms with Crippen LogP contribution in [0.25, 0.3) is 53.6 Å². The molecule has 0 amide bonds. The predicted octanol–water partition coefficient (Wildman–Crippen LogP) is 14.1. The number of hydrogen-bond acceptors (Lipinski definition) is 2. The van der Waals surface area contributed by atoms with Gasteiger partial charge in [0.15, 0.2) is 0 Å². The number of rotatable bonds is 4. The normalized spacial score (nSPS) is 14.7. The van der Waals surface area contributed by atoms with Crippen LogP contribution < -0.4 is 4.90 Å². The first-order valence-electron chi connectivity index (χ1n) is 18.0. The Bertz CT molecular complexity index is 2610. The highest BCUT2D eigenvalue weighted by Gasteiger charge is 2.48. The van der Waals surface area contributed by atoms with Gasteiger partial charge in [-0.3, -0.25) is 0 Å². The Hall–Kier alpha value is -5.44. The largest absolute Gasteiger partial charge is 0.310 e. The lowest BCUT2D eigenvalue weighted by Crippen LogP contribution is -2.26. The highest BCUT2D eigenvalue weighted by atomic mass is 32.1. The number of anilines is 3. The summed E-state index contributed by atoms with van der Waals surface area (Å²) in [6.45, 7) is 12.1. The van der Waals surface area contributed by atoms with Crippen LogP contribution in [0.15, 0.2) is 146 Å². The molecule has 0 N–H and O–H groups in total. The van der Waals surface area contributed by atoms with Gasteiger partial charge in [-0.1, -0.05) is 143 Å². The fourth-order valence-electron chi connectivity index (χ4n) is 9.43. The van der Waals surface area contributed by atoms with E-state index in [-0.39, 0.29) is 10.8 Å². The van der Waals surface area contributed by atoms with Crippen LogP contribution in [0.1, 0.15) is 55.5 Å². The maximum Gasteiger partial charge on any atom is 0.0556 e. The van der Waals surface area contributed by atoms with E-state index in [2.05, 4.69) is 185 Å². The number of thiophene rings is 1. The summed E-state index contributed by atoms with van der Waals surface area (Å²) in [6.07, 6.45) is 0. The van der Waals surface area contributed by atoms with Crippen LogP contribution in [0.4, 0.5) is 17.1 Å². The van der Waals surface area contributed by atoms with E-state index in [4.69, 9.17) is 0 Å². The molecule has 246 valence electrons. The van der Waals surface area contributed by atoms with Crippen molar-refractivity contribution in [2.75, 3.05) is 4.90 Å². The maximum atomic E-state index is 2.61. The first-order valence-corrected chi connectivity index (χ1v) is 18.8. The van der Waals surface area contributed by atoms with Crippen molar-refractivity contribution in [2.45, 2.75) is 45.4 Å². The fourth-order valence-corrected chi connectivity index (χ4v) is 10.6. The Morgan fingerprint density at radius 1 is 0.471 bits per heavy atom. The molecule has 1 heterocycles. The summed E-state index contributed by atoms with van der Waals surface area (Å²) in [5.74, 6) is 0. The molecular formula is C49H39NS. The standard InChI is InChI=1S/C49H39NS/c1-30-43-37-18-9-12-20-39(37)48(2,3)45(43)47(46-44(30)38-19-10-13-21-40(38)49(46,4)5)50(33-25-23-32(24-26-33)31-15-7-6-8-16-31)34-27-28-36-35-17-11-14-22-41(35)51-42(36)29-34/h6-29H,1-5H3. The Balaban J connectivity index is 1.33. The van der Waals surface area contributed by atoms with E-state index in [0.717, 1.165) is 0 Å². The van der Waals surface area contributed by atoms with Crippen LogP contribution in [-0.4, -0.2) is 0 Å². The van der Waals surface area contributed by atoms with Gasteiger partial charge in [-0.15, -0.1) is 11.3 Å². The molecule has 0 radical (unpaired) electrons. The zero-order valence-corrected chi connectivity index (χ0v) is 30.5. The Labute approximate surface area is 304 Å². The van der Waals surface area contributed by atoms with Crippen molar-refractivity contribution >= 4 is 48.6 Å². The SMILES string of the molecule is Cc1c2c(c(N(c3ccc(-c4ccccc4)cc3)c3ccc4c(c3)sc3ccccc34)c3c1-c1ccccc1C3(C)C)C(C)(C)c1ccccc1-2. The minimum absolute atomic E-state index is 0.212. The molecule has 0 atom stereocenters. The third-order valence-electron chi connectivity index (χ3n) is 11.8. The molecule has 2 aliphatic carbocycles. The fraction of sp³-hybridized carbons (Fsp3) is 0.143. The summed E-state index contributed by atoms with van der Waals surface area (Å²) in [5, 5.41) is 2.65. The number of fused-ring (bicyclic) bond motifs is 9. The van der Waals surface area contributed by atoms with Gasteiger partial charge in [0.1, 0.15) is 0 Å². The van der Waals surface area contributed by atoms with Gasteiger partial charge in [-0.05, 0) is 98.5 Å². The van der Waals surface area contributed by atoms with Crippen LogP contribution in [0.2, 0.25) is 0 Å². The quantitative estimate of drug-likeness (QED) is 0.180. The van der Waals surface area contributed by atoms with Gasteiger partial charge in [-0.2, -0.15) is 0 Å².